The molecule has 0 rings (SSSR count). The summed E-state index contributed by atoms with van der Waals surface area (Å²) in [7, 11) is -3.35. The minimum absolute atomic E-state index is 0.0694. The van der Waals surface area contributed by atoms with Crippen LogP contribution in [-0.2, 0) is 14.3 Å². The molecule has 1 atom stereocenters. The van der Waals surface area contributed by atoms with Crippen molar-refractivity contribution in [1.29, 1.82) is 0 Å². The number of rotatable bonds is 6. The fraction of sp³-hybridized carbons (Fsp3) is 1.00. The Hall–Kier alpha value is -0.130. The van der Waals surface area contributed by atoms with Crippen molar-refractivity contribution in [2.24, 2.45) is 0 Å². The van der Waals surface area contributed by atoms with Gasteiger partial charge >= 0.3 is 0 Å². The Kier molecular flexibility index (Phi) is 5.44. The molecule has 0 saturated carbocycles. The monoisotopic (exact) mass is 196 g/mol. The summed E-state index contributed by atoms with van der Waals surface area (Å²) >= 11 is 0. The van der Waals surface area contributed by atoms with E-state index >= 15 is 0 Å². The topological polar surface area (TPSA) is 63.6 Å². The summed E-state index contributed by atoms with van der Waals surface area (Å²) in [6.45, 7) is 2.03. The maximum atomic E-state index is 10.5. The third kappa shape index (κ3) is 7.97. The molecule has 0 aliphatic rings. The van der Waals surface area contributed by atoms with Gasteiger partial charge in [0, 0.05) is 0 Å². The molecule has 0 aliphatic heterocycles. The van der Waals surface area contributed by atoms with Gasteiger partial charge in [-0.05, 0) is 12.8 Å². The van der Waals surface area contributed by atoms with Crippen LogP contribution in [-0.4, -0.2) is 32.5 Å². The summed E-state index contributed by atoms with van der Waals surface area (Å²) in [5.74, 6) is 0. The Morgan fingerprint density at radius 2 is 2.00 bits per heavy atom. The van der Waals surface area contributed by atoms with Crippen molar-refractivity contribution < 1.29 is 17.7 Å². The van der Waals surface area contributed by atoms with Crippen LogP contribution in [0.25, 0.3) is 0 Å². The summed E-state index contributed by atoms with van der Waals surface area (Å²) < 4.78 is 25.4. The van der Waals surface area contributed by atoms with E-state index in [9.17, 15) is 13.5 Å². The molecule has 0 aromatic heterocycles. The molecule has 4 nitrogen and oxygen atoms in total. The molecule has 12 heavy (non-hydrogen) atoms. The van der Waals surface area contributed by atoms with E-state index in [1.165, 1.54) is 0 Å². The summed E-state index contributed by atoms with van der Waals surface area (Å²) in [5, 5.41) is 9.17. The SMILES string of the molecule is CCCC(O)CCOS(C)(=O)=O. The highest BCUT2D eigenvalue weighted by Gasteiger charge is 2.05. The maximum absolute atomic E-state index is 10.5. The first-order chi connectivity index (χ1) is 5.45. The van der Waals surface area contributed by atoms with Crippen LogP contribution in [0, 0.1) is 0 Å². The van der Waals surface area contributed by atoms with Gasteiger partial charge in [0.25, 0.3) is 10.1 Å². The minimum atomic E-state index is -3.35. The molecule has 74 valence electrons. The van der Waals surface area contributed by atoms with E-state index in [1.807, 2.05) is 6.92 Å². The zero-order chi connectivity index (χ0) is 9.61. The lowest BCUT2D eigenvalue weighted by Crippen LogP contribution is -2.12. The number of aliphatic hydroxyl groups is 1. The third-order valence-corrected chi connectivity index (χ3v) is 1.97. The standard InChI is InChI=1S/C7H16O4S/c1-3-4-7(8)5-6-11-12(2,9)10/h7-8H,3-6H2,1-2H3. The first-order valence-electron chi connectivity index (χ1n) is 3.98. The average molecular weight is 196 g/mol. The van der Waals surface area contributed by atoms with Crippen molar-refractivity contribution in [2.75, 3.05) is 12.9 Å². The fourth-order valence-corrected chi connectivity index (χ4v) is 1.21. The largest absolute Gasteiger partial charge is 0.393 e. The second-order valence-electron chi connectivity index (χ2n) is 2.76. The fourth-order valence-electron chi connectivity index (χ4n) is 0.813. The number of hydrogen-bond acceptors (Lipinski definition) is 4. The van der Waals surface area contributed by atoms with E-state index in [2.05, 4.69) is 4.18 Å². The smallest absolute Gasteiger partial charge is 0.264 e. The molecule has 1 unspecified atom stereocenters. The average Bonchev–Trinajstić information content (AvgIpc) is 1.84. The van der Waals surface area contributed by atoms with Crippen LogP contribution < -0.4 is 0 Å². The van der Waals surface area contributed by atoms with E-state index < -0.39 is 16.2 Å². The maximum Gasteiger partial charge on any atom is 0.264 e. The summed E-state index contributed by atoms with van der Waals surface area (Å²) in [4.78, 5) is 0. The molecular formula is C7H16O4S. The van der Waals surface area contributed by atoms with Crippen LogP contribution in [0.15, 0.2) is 0 Å². The van der Waals surface area contributed by atoms with Gasteiger partial charge in [-0.25, -0.2) is 0 Å². The summed E-state index contributed by atoms with van der Waals surface area (Å²) in [5.41, 5.74) is 0. The lowest BCUT2D eigenvalue weighted by atomic mass is 10.2. The highest BCUT2D eigenvalue weighted by molar-refractivity contribution is 7.85. The second-order valence-corrected chi connectivity index (χ2v) is 4.40. The molecule has 0 aromatic carbocycles. The van der Waals surface area contributed by atoms with Crippen LogP contribution in [0.5, 0.6) is 0 Å². The second kappa shape index (κ2) is 5.50. The van der Waals surface area contributed by atoms with Crippen molar-refractivity contribution in [3.63, 3.8) is 0 Å². The highest BCUT2D eigenvalue weighted by atomic mass is 32.2. The molecule has 0 bridgehead atoms. The molecule has 0 radical (unpaired) electrons. The van der Waals surface area contributed by atoms with Gasteiger partial charge in [-0.3, -0.25) is 4.18 Å². The summed E-state index contributed by atoms with van der Waals surface area (Å²) in [6, 6.07) is 0. The Morgan fingerprint density at radius 3 is 2.42 bits per heavy atom. The first kappa shape index (κ1) is 11.9. The van der Waals surface area contributed by atoms with Gasteiger partial charge in [-0.15, -0.1) is 0 Å². The lowest BCUT2D eigenvalue weighted by Gasteiger charge is -2.07. The van der Waals surface area contributed by atoms with Crippen molar-refractivity contribution in [2.45, 2.75) is 32.3 Å². The predicted octanol–water partition coefficient (Wildman–Crippen LogP) is 0.514. The normalized spacial score (nSPS) is 14.6. The van der Waals surface area contributed by atoms with Gasteiger partial charge in [0.05, 0.1) is 19.0 Å². The quantitative estimate of drug-likeness (QED) is 0.629. The molecule has 0 aliphatic carbocycles. The van der Waals surface area contributed by atoms with Gasteiger partial charge in [-0.2, -0.15) is 8.42 Å². The molecule has 1 N–H and O–H groups in total. The lowest BCUT2D eigenvalue weighted by molar-refractivity contribution is 0.132. The van der Waals surface area contributed by atoms with Crippen molar-refractivity contribution in [1.82, 2.24) is 0 Å². The predicted molar refractivity (Wildman–Crippen MR) is 46.3 cm³/mol. The first-order valence-corrected chi connectivity index (χ1v) is 5.80. The van der Waals surface area contributed by atoms with Gasteiger partial charge in [-0.1, -0.05) is 13.3 Å². The van der Waals surface area contributed by atoms with Crippen LogP contribution in [0.4, 0.5) is 0 Å². The van der Waals surface area contributed by atoms with Crippen LogP contribution in [0.3, 0.4) is 0 Å². The molecule has 0 fully saturated rings. The van der Waals surface area contributed by atoms with E-state index in [0.717, 1.165) is 12.7 Å². The summed E-state index contributed by atoms with van der Waals surface area (Å²) in [6.07, 6.45) is 2.50. The molecule has 0 amide bonds. The van der Waals surface area contributed by atoms with E-state index in [4.69, 9.17) is 0 Å². The highest BCUT2D eigenvalue weighted by Crippen LogP contribution is 2.02. The molecule has 0 saturated heterocycles. The van der Waals surface area contributed by atoms with E-state index in [1.54, 1.807) is 0 Å². The zero-order valence-electron chi connectivity index (χ0n) is 7.49. The Labute approximate surface area is 73.7 Å². The van der Waals surface area contributed by atoms with Gasteiger partial charge in [0.2, 0.25) is 0 Å². The Bertz CT molecular complexity index is 197. The van der Waals surface area contributed by atoms with Crippen molar-refractivity contribution in [3.8, 4) is 0 Å². The molecule has 0 heterocycles. The third-order valence-electron chi connectivity index (χ3n) is 1.37. The molecule has 0 spiro atoms. The number of hydrogen-bond donors (Lipinski definition) is 1. The van der Waals surface area contributed by atoms with E-state index in [0.29, 0.717) is 12.8 Å². The number of aliphatic hydroxyl groups excluding tert-OH is 1. The van der Waals surface area contributed by atoms with Crippen molar-refractivity contribution >= 4 is 10.1 Å². The Morgan fingerprint density at radius 1 is 1.42 bits per heavy atom. The van der Waals surface area contributed by atoms with Gasteiger partial charge < -0.3 is 5.11 Å². The van der Waals surface area contributed by atoms with Gasteiger partial charge in [0.1, 0.15) is 0 Å². The van der Waals surface area contributed by atoms with Crippen molar-refractivity contribution in [3.05, 3.63) is 0 Å². The van der Waals surface area contributed by atoms with Crippen LogP contribution in [0.1, 0.15) is 26.2 Å². The van der Waals surface area contributed by atoms with E-state index in [-0.39, 0.29) is 6.61 Å². The van der Waals surface area contributed by atoms with Gasteiger partial charge in [0.15, 0.2) is 0 Å². The molecule has 5 heteroatoms. The Balaban J connectivity index is 3.44. The zero-order valence-corrected chi connectivity index (χ0v) is 8.30. The minimum Gasteiger partial charge on any atom is -0.393 e. The molecule has 0 aromatic rings. The van der Waals surface area contributed by atoms with Crippen LogP contribution >= 0.6 is 0 Å². The van der Waals surface area contributed by atoms with Crippen LogP contribution in [0.2, 0.25) is 0 Å². The molecular weight excluding hydrogens is 180 g/mol.